The molecule has 0 aromatic rings. The summed E-state index contributed by atoms with van der Waals surface area (Å²) in [5, 5.41) is 13.8. The molecule has 1 aliphatic heterocycles. The molecule has 3 amide bonds. The van der Waals surface area contributed by atoms with Gasteiger partial charge in [-0.3, -0.25) is 24.1 Å². The van der Waals surface area contributed by atoms with E-state index in [-0.39, 0.29) is 60.3 Å². The highest BCUT2D eigenvalue weighted by molar-refractivity contribution is 5.97. The highest BCUT2D eigenvalue weighted by atomic mass is 16.3. The van der Waals surface area contributed by atoms with Gasteiger partial charge in [-0.25, -0.2) is 0 Å². The van der Waals surface area contributed by atoms with Gasteiger partial charge in [0.2, 0.25) is 17.7 Å². The predicted molar refractivity (Wildman–Crippen MR) is 128 cm³/mol. The van der Waals surface area contributed by atoms with E-state index in [2.05, 4.69) is 12.2 Å². The molecule has 0 bridgehead atoms. The van der Waals surface area contributed by atoms with E-state index in [1.165, 1.54) is 4.90 Å². The number of nitrogens with two attached hydrogens (primary N) is 1. The maximum absolute atomic E-state index is 12.6. The molecule has 1 unspecified atom stereocenters. The largest absolute Gasteiger partial charge is 0.392 e. The van der Waals surface area contributed by atoms with E-state index in [1.54, 1.807) is 0 Å². The first-order valence-electron chi connectivity index (χ1n) is 13.2. The number of nitrogens with one attached hydrogen (secondary N) is 1. The van der Waals surface area contributed by atoms with Crippen LogP contribution in [-0.4, -0.2) is 58.2 Å². The average molecular weight is 478 g/mol. The summed E-state index contributed by atoms with van der Waals surface area (Å²) in [6, 6.07) is 0.456. The first-order valence-corrected chi connectivity index (χ1v) is 13.2. The molecule has 8 nitrogen and oxygen atoms in total. The fraction of sp³-hybridized carbons (Fsp3) is 0.846. The van der Waals surface area contributed by atoms with Crippen LogP contribution in [-0.2, 0) is 19.2 Å². The maximum atomic E-state index is 12.6. The van der Waals surface area contributed by atoms with Crippen molar-refractivity contribution in [2.45, 2.75) is 109 Å². The van der Waals surface area contributed by atoms with Crippen molar-refractivity contribution in [1.82, 2.24) is 10.2 Å². The Kier molecular flexibility index (Phi) is 9.65. The van der Waals surface area contributed by atoms with E-state index in [0.29, 0.717) is 44.6 Å². The van der Waals surface area contributed by atoms with Crippen LogP contribution in [0.4, 0.5) is 0 Å². The number of hydrogen-bond donors (Lipinski definition) is 3. The lowest BCUT2D eigenvalue weighted by Crippen LogP contribution is -2.45. The maximum Gasteiger partial charge on any atom is 0.229 e. The van der Waals surface area contributed by atoms with Gasteiger partial charge >= 0.3 is 0 Å². The summed E-state index contributed by atoms with van der Waals surface area (Å²) in [5.41, 5.74) is 5.90. The number of aliphatic hydroxyl groups excluding tert-OH is 1. The number of piperidine rings is 1. The Labute approximate surface area is 203 Å². The van der Waals surface area contributed by atoms with Crippen LogP contribution >= 0.6 is 0 Å². The highest BCUT2D eigenvalue weighted by Crippen LogP contribution is 2.35. The van der Waals surface area contributed by atoms with Crippen LogP contribution in [0, 0.1) is 23.7 Å². The minimum Gasteiger partial charge on any atom is -0.392 e. The smallest absolute Gasteiger partial charge is 0.229 e. The number of imide groups is 1. The van der Waals surface area contributed by atoms with E-state index in [0.717, 1.165) is 32.1 Å². The number of ketones is 1. The first-order chi connectivity index (χ1) is 16.1. The van der Waals surface area contributed by atoms with E-state index < -0.39 is 12.0 Å². The second kappa shape index (κ2) is 12.2. The number of carbonyl (C=O) groups is 4. The predicted octanol–water partition coefficient (Wildman–Crippen LogP) is 2.31. The van der Waals surface area contributed by atoms with Crippen LogP contribution in [0.25, 0.3) is 0 Å². The van der Waals surface area contributed by atoms with E-state index in [4.69, 9.17) is 5.73 Å². The second-order valence-electron chi connectivity index (χ2n) is 11.1. The molecular formula is C26H43N3O5. The summed E-state index contributed by atoms with van der Waals surface area (Å²) in [4.78, 5) is 51.2. The van der Waals surface area contributed by atoms with Crippen LogP contribution in [0.15, 0.2) is 0 Å². The van der Waals surface area contributed by atoms with Gasteiger partial charge in [-0.05, 0) is 69.6 Å². The molecule has 2 saturated carbocycles. The zero-order valence-electron chi connectivity index (χ0n) is 20.8. The number of hydrogen-bond acceptors (Lipinski definition) is 6. The molecule has 0 aromatic carbocycles. The molecule has 192 valence electrons. The average Bonchev–Trinajstić information content (AvgIpc) is 2.76. The molecule has 3 fully saturated rings. The van der Waals surface area contributed by atoms with Crippen molar-refractivity contribution in [2.24, 2.45) is 29.4 Å². The number of Topliss-reactive ketones (excluding diaryl/α,β-unsaturated/α-hetero) is 1. The summed E-state index contributed by atoms with van der Waals surface area (Å²) in [6.45, 7) is 4.34. The lowest BCUT2D eigenvalue weighted by Gasteiger charge is -2.36. The topological polar surface area (TPSA) is 130 Å². The van der Waals surface area contributed by atoms with Crippen molar-refractivity contribution in [3.8, 4) is 0 Å². The van der Waals surface area contributed by atoms with Crippen LogP contribution in [0.3, 0.4) is 0 Å². The van der Waals surface area contributed by atoms with Gasteiger partial charge in [0.15, 0.2) is 0 Å². The van der Waals surface area contributed by atoms with Crippen molar-refractivity contribution in [3.63, 3.8) is 0 Å². The minimum absolute atomic E-state index is 0.0201. The van der Waals surface area contributed by atoms with Gasteiger partial charge in [-0.15, -0.1) is 0 Å². The normalized spacial score (nSPS) is 32.1. The number of aliphatic hydroxyl groups is 1. The van der Waals surface area contributed by atoms with Gasteiger partial charge in [0, 0.05) is 49.7 Å². The third-order valence-electron chi connectivity index (χ3n) is 8.00. The Morgan fingerprint density at radius 1 is 1.06 bits per heavy atom. The summed E-state index contributed by atoms with van der Waals surface area (Å²) < 4.78 is 0. The van der Waals surface area contributed by atoms with E-state index >= 15 is 0 Å². The van der Waals surface area contributed by atoms with E-state index in [1.807, 2.05) is 6.92 Å². The van der Waals surface area contributed by atoms with Crippen LogP contribution in [0.2, 0.25) is 0 Å². The molecule has 4 atom stereocenters. The monoisotopic (exact) mass is 477 g/mol. The molecule has 8 heteroatoms. The molecule has 0 spiro atoms. The summed E-state index contributed by atoms with van der Waals surface area (Å²) >= 11 is 0. The zero-order chi connectivity index (χ0) is 24.8. The Balaban J connectivity index is 1.36. The number of rotatable bonds is 9. The van der Waals surface area contributed by atoms with Crippen molar-refractivity contribution in [3.05, 3.63) is 0 Å². The molecule has 2 aliphatic carbocycles. The molecule has 3 aliphatic rings. The quantitative estimate of drug-likeness (QED) is 0.345. The first kappa shape index (κ1) is 26.8. The van der Waals surface area contributed by atoms with Crippen molar-refractivity contribution < 1.29 is 24.3 Å². The van der Waals surface area contributed by atoms with Gasteiger partial charge in [-0.2, -0.15) is 0 Å². The van der Waals surface area contributed by atoms with Gasteiger partial charge < -0.3 is 16.2 Å². The molecule has 34 heavy (non-hydrogen) atoms. The molecule has 0 aromatic heterocycles. The number of nitrogens with zero attached hydrogens (tertiary/aromatic N) is 1. The van der Waals surface area contributed by atoms with Gasteiger partial charge in [0.25, 0.3) is 0 Å². The molecule has 1 heterocycles. The fourth-order valence-electron chi connectivity index (χ4n) is 6.04. The van der Waals surface area contributed by atoms with Crippen LogP contribution < -0.4 is 11.1 Å². The Hall–Kier alpha value is -1.80. The lowest BCUT2D eigenvalue weighted by atomic mass is 9.71. The third-order valence-corrected chi connectivity index (χ3v) is 8.00. The SMILES string of the molecule is C[C@@H]1CC([C@H](O)CC2CC(=O)N(CCCCC(=O)NC3CCC(N)CC3)C(=O)C2)C(=O)[C@@H](C)C1. The van der Waals surface area contributed by atoms with Crippen LogP contribution in [0.5, 0.6) is 0 Å². The molecule has 4 N–H and O–H groups in total. The Bertz CT molecular complexity index is 731. The Morgan fingerprint density at radius 2 is 1.71 bits per heavy atom. The zero-order valence-corrected chi connectivity index (χ0v) is 20.8. The summed E-state index contributed by atoms with van der Waals surface area (Å²) in [7, 11) is 0. The lowest BCUT2D eigenvalue weighted by molar-refractivity contribution is -0.150. The minimum atomic E-state index is -0.798. The van der Waals surface area contributed by atoms with Crippen LogP contribution in [0.1, 0.15) is 90.9 Å². The van der Waals surface area contributed by atoms with Crippen molar-refractivity contribution in [2.75, 3.05) is 6.54 Å². The van der Waals surface area contributed by atoms with Gasteiger partial charge in [0.05, 0.1) is 6.10 Å². The highest BCUT2D eigenvalue weighted by Gasteiger charge is 2.39. The molecule has 1 saturated heterocycles. The number of likely N-dealkylation sites (tertiary alicyclic amines) is 1. The van der Waals surface area contributed by atoms with Crippen molar-refractivity contribution >= 4 is 23.5 Å². The number of carbonyl (C=O) groups excluding carboxylic acids is 4. The number of amides is 3. The fourth-order valence-corrected chi connectivity index (χ4v) is 6.04. The third kappa shape index (κ3) is 7.35. The second-order valence-corrected chi connectivity index (χ2v) is 11.1. The van der Waals surface area contributed by atoms with Gasteiger partial charge in [0.1, 0.15) is 5.78 Å². The summed E-state index contributed by atoms with van der Waals surface area (Å²) in [6.07, 6.45) is 6.83. The molecule has 0 radical (unpaired) electrons. The standard InChI is InChI=1S/C26H43N3O5/c1-16-11-17(2)26(34)21(12-16)22(30)13-18-14-24(32)29(25(33)15-18)10-4-3-5-23(31)28-20-8-6-19(27)7-9-20/h16-22,30H,3-15,27H2,1-2H3,(H,28,31)/t16-,17-,19?,20?,21?,22+/m0/s1. The Morgan fingerprint density at radius 3 is 2.35 bits per heavy atom. The van der Waals surface area contributed by atoms with Crippen molar-refractivity contribution in [1.29, 1.82) is 0 Å². The molecular weight excluding hydrogens is 434 g/mol. The number of unbranched alkanes of at least 4 members (excludes halogenated alkanes) is 1. The summed E-state index contributed by atoms with van der Waals surface area (Å²) in [5.74, 6) is -0.568. The van der Waals surface area contributed by atoms with E-state index in [9.17, 15) is 24.3 Å². The molecule has 3 rings (SSSR count). The van der Waals surface area contributed by atoms with Gasteiger partial charge in [-0.1, -0.05) is 13.8 Å².